The van der Waals surface area contributed by atoms with Crippen molar-refractivity contribution < 1.29 is 0 Å². The molecule has 0 amide bonds. The molecular formula is C26H20ClN. The van der Waals surface area contributed by atoms with Crippen LogP contribution in [0.3, 0.4) is 0 Å². The molecule has 0 saturated carbocycles. The highest BCUT2D eigenvalue weighted by molar-refractivity contribution is 6.31. The van der Waals surface area contributed by atoms with Gasteiger partial charge in [0, 0.05) is 10.4 Å². The summed E-state index contributed by atoms with van der Waals surface area (Å²) in [7, 11) is 0. The minimum absolute atomic E-state index is 0.700. The number of pyridine rings is 1. The molecule has 0 atom stereocenters. The van der Waals surface area contributed by atoms with Gasteiger partial charge in [-0.25, -0.2) is 4.98 Å². The van der Waals surface area contributed by atoms with Gasteiger partial charge in [0.25, 0.3) is 0 Å². The molecule has 0 bridgehead atoms. The Morgan fingerprint density at radius 2 is 1.61 bits per heavy atom. The summed E-state index contributed by atoms with van der Waals surface area (Å²) in [5, 5.41) is 1.78. The van der Waals surface area contributed by atoms with Gasteiger partial charge in [-0.3, -0.25) is 0 Å². The van der Waals surface area contributed by atoms with E-state index in [1.54, 1.807) is 0 Å². The summed E-state index contributed by atoms with van der Waals surface area (Å²) in [4.78, 5) is 4.68. The maximum Gasteiger partial charge on any atom is 0.0724 e. The second kappa shape index (κ2) is 7.84. The summed E-state index contributed by atoms with van der Waals surface area (Å²) < 4.78 is 0. The van der Waals surface area contributed by atoms with Crippen molar-refractivity contribution in [2.75, 3.05) is 0 Å². The van der Waals surface area contributed by atoms with Crippen molar-refractivity contribution in [1.29, 1.82) is 0 Å². The van der Waals surface area contributed by atoms with Gasteiger partial charge in [-0.1, -0.05) is 78.4 Å². The molecule has 4 aromatic rings. The first kappa shape index (κ1) is 18.2. The van der Waals surface area contributed by atoms with Crippen LogP contribution in [0.5, 0.6) is 0 Å². The molecule has 0 spiro atoms. The first-order chi connectivity index (χ1) is 13.6. The molecule has 0 saturated heterocycles. The highest BCUT2D eigenvalue weighted by Crippen LogP contribution is 2.25. The highest BCUT2D eigenvalue weighted by atomic mass is 35.5. The van der Waals surface area contributed by atoms with E-state index in [0.717, 1.165) is 33.3 Å². The Bertz CT molecular complexity index is 1200. The number of nitrogens with zero attached hydrogens (tertiary/aromatic N) is 1. The van der Waals surface area contributed by atoms with Crippen molar-refractivity contribution in [3.05, 3.63) is 107 Å². The van der Waals surface area contributed by atoms with Crippen LogP contribution in [-0.2, 0) is 0 Å². The van der Waals surface area contributed by atoms with Gasteiger partial charge in [-0.05, 0) is 65.6 Å². The van der Waals surface area contributed by atoms with E-state index < -0.39 is 0 Å². The van der Waals surface area contributed by atoms with Crippen LogP contribution in [0, 0.1) is 0 Å². The van der Waals surface area contributed by atoms with Crippen molar-refractivity contribution in [3.8, 4) is 11.1 Å². The normalized spacial score (nSPS) is 11.2. The molecule has 0 aliphatic rings. The zero-order valence-electron chi connectivity index (χ0n) is 15.7. The van der Waals surface area contributed by atoms with Crippen molar-refractivity contribution >= 4 is 40.2 Å². The molecule has 2 heteroatoms. The average molecular weight is 382 g/mol. The lowest BCUT2D eigenvalue weighted by atomic mass is 9.99. The molecule has 4 rings (SSSR count). The SMILES string of the molecule is C=C(C)c1cccc(-c2cccc(C=Cc3ccc4ccc(Cl)cc4n3)c2)c1. The number of rotatable bonds is 4. The summed E-state index contributed by atoms with van der Waals surface area (Å²) in [6.45, 7) is 6.07. The molecule has 0 unspecified atom stereocenters. The van der Waals surface area contributed by atoms with Gasteiger partial charge in [-0.2, -0.15) is 0 Å². The fraction of sp³-hybridized carbons (Fsp3) is 0.0385. The third-order valence-corrected chi connectivity index (χ3v) is 4.93. The van der Waals surface area contributed by atoms with Crippen LogP contribution >= 0.6 is 11.6 Å². The number of benzene rings is 3. The van der Waals surface area contributed by atoms with Crippen molar-refractivity contribution in [2.24, 2.45) is 0 Å². The van der Waals surface area contributed by atoms with Crippen LogP contribution < -0.4 is 0 Å². The largest absolute Gasteiger partial charge is 0.248 e. The van der Waals surface area contributed by atoms with Crippen LogP contribution in [0.1, 0.15) is 23.7 Å². The molecule has 0 aliphatic carbocycles. The van der Waals surface area contributed by atoms with Crippen molar-refractivity contribution in [2.45, 2.75) is 6.92 Å². The Hall–Kier alpha value is -3.16. The van der Waals surface area contributed by atoms with Crippen molar-refractivity contribution in [3.63, 3.8) is 0 Å². The van der Waals surface area contributed by atoms with Crippen LogP contribution in [0.2, 0.25) is 5.02 Å². The molecular weight excluding hydrogens is 362 g/mol. The van der Waals surface area contributed by atoms with E-state index in [-0.39, 0.29) is 0 Å². The third-order valence-electron chi connectivity index (χ3n) is 4.70. The second-order valence-electron chi connectivity index (χ2n) is 6.89. The zero-order valence-corrected chi connectivity index (χ0v) is 16.4. The van der Waals surface area contributed by atoms with E-state index in [1.807, 2.05) is 37.3 Å². The van der Waals surface area contributed by atoms with Gasteiger partial charge in [0.2, 0.25) is 0 Å². The minimum Gasteiger partial charge on any atom is -0.248 e. The van der Waals surface area contributed by atoms with Crippen LogP contribution in [0.25, 0.3) is 39.8 Å². The Labute approximate surface area is 170 Å². The fourth-order valence-corrected chi connectivity index (χ4v) is 3.33. The summed E-state index contributed by atoms with van der Waals surface area (Å²) in [5.41, 5.74) is 7.55. The molecule has 136 valence electrons. The average Bonchev–Trinajstić information content (AvgIpc) is 2.72. The summed E-state index contributed by atoms with van der Waals surface area (Å²) >= 11 is 6.09. The molecule has 3 aromatic carbocycles. The molecule has 1 nitrogen and oxygen atoms in total. The molecule has 1 heterocycles. The van der Waals surface area contributed by atoms with Gasteiger partial charge >= 0.3 is 0 Å². The molecule has 0 radical (unpaired) electrons. The maximum absolute atomic E-state index is 6.09. The monoisotopic (exact) mass is 381 g/mol. The number of hydrogen-bond acceptors (Lipinski definition) is 1. The van der Waals surface area contributed by atoms with Crippen LogP contribution in [0.15, 0.2) is 85.4 Å². The number of allylic oxidation sites excluding steroid dienone is 1. The van der Waals surface area contributed by atoms with Gasteiger partial charge in [-0.15, -0.1) is 0 Å². The smallest absolute Gasteiger partial charge is 0.0724 e. The lowest BCUT2D eigenvalue weighted by molar-refractivity contribution is 1.37. The fourth-order valence-electron chi connectivity index (χ4n) is 3.17. The van der Waals surface area contributed by atoms with Gasteiger partial charge in [0.15, 0.2) is 0 Å². The quantitative estimate of drug-likeness (QED) is 0.352. The number of halogens is 1. The molecule has 0 fully saturated rings. The lowest BCUT2D eigenvalue weighted by Crippen LogP contribution is -1.84. The Kier molecular flexibility index (Phi) is 5.10. The summed E-state index contributed by atoms with van der Waals surface area (Å²) in [5.74, 6) is 0. The predicted octanol–water partition coefficient (Wildman–Crippen LogP) is 7.76. The van der Waals surface area contributed by atoms with Gasteiger partial charge in [0.05, 0.1) is 11.2 Å². The molecule has 0 aliphatic heterocycles. The number of aromatic nitrogens is 1. The minimum atomic E-state index is 0.700. The molecule has 1 aromatic heterocycles. The number of hydrogen-bond donors (Lipinski definition) is 0. The van der Waals surface area contributed by atoms with Crippen LogP contribution in [0.4, 0.5) is 0 Å². The van der Waals surface area contributed by atoms with E-state index in [9.17, 15) is 0 Å². The van der Waals surface area contributed by atoms with Gasteiger partial charge < -0.3 is 0 Å². The van der Waals surface area contributed by atoms with Crippen LogP contribution in [-0.4, -0.2) is 4.98 Å². The Morgan fingerprint density at radius 3 is 2.43 bits per heavy atom. The number of fused-ring (bicyclic) bond motifs is 1. The van der Waals surface area contributed by atoms with E-state index in [0.29, 0.717) is 5.02 Å². The summed E-state index contributed by atoms with van der Waals surface area (Å²) in [6, 6.07) is 26.8. The van der Waals surface area contributed by atoms with Gasteiger partial charge in [0.1, 0.15) is 0 Å². The summed E-state index contributed by atoms with van der Waals surface area (Å²) in [6.07, 6.45) is 4.12. The zero-order chi connectivity index (χ0) is 19.5. The second-order valence-corrected chi connectivity index (χ2v) is 7.33. The Balaban J connectivity index is 1.63. The standard InChI is InChI=1S/C26H20ClN/c1-18(2)21-6-4-8-23(16-21)22-7-3-5-19(15-22)9-13-25-14-11-20-10-12-24(27)17-26(20)28-25/h3-17H,1H2,2H3. The van der Waals surface area contributed by atoms with Crippen molar-refractivity contribution in [1.82, 2.24) is 4.98 Å². The molecule has 0 N–H and O–H groups in total. The van der Waals surface area contributed by atoms with E-state index in [4.69, 9.17) is 11.6 Å². The predicted molar refractivity (Wildman–Crippen MR) is 122 cm³/mol. The lowest BCUT2D eigenvalue weighted by Gasteiger charge is -2.06. The topological polar surface area (TPSA) is 12.9 Å². The van der Waals surface area contributed by atoms with E-state index >= 15 is 0 Å². The van der Waals surface area contributed by atoms with E-state index in [2.05, 4.69) is 72.2 Å². The molecule has 28 heavy (non-hydrogen) atoms. The Morgan fingerprint density at radius 1 is 0.857 bits per heavy atom. The first-order valence-electron chi connectivity index (χ1n) is 9.19. The highest BCUT2D eigenvalue weighted by Gasteiger charge is 2.01. The first-order valence-corrected chi connectivity index (χ1v) is 9.57. The third kappa shape index (κ3) is 4.05. The maximum atomic E-state index is 6.09. The van der Waals surface area contributed by atoms with E-state index in [1.165, 1.54) is 11.1 Å².